The highest BCUT2D eigenvalue weighted by Gasteiger charge is 2.36. The lowest BCUT2D eigenvalue weighted by Gasteiger charge is -2.13. The van der Waals surface area contributed by atoms with Crippen molar-refractivity contribution in [2.45, 2.75) is 13.3 Å². The van der Waals surface area contributed by atoms with Gasteiger partial charge in [0.25, 0.3) is 11.8 Å². The van der Waals surface area contributed by atoms with Crippen LogP contribution >= 0.6 is 0 Å². The molecule has 1 aromatic carbocycles. The Bertz CT molecular complexity index is 766. The largest absolute Gasteiger partial charge is 0.326 e. The van der Waals surface area contributed by atoms with Crippen LogP contribution in [-0.4, -0.2) is 34.2 Å². The van der Waals surface area contributed by atoms with E-state index in [-0.39, 0.29) is 30.1 Å². The molecule has 0 aliphatic carbocycles. The summed E-state index contributed by atoms with van der Waals surface area (Å²) in [6, 6.07) is 10.6. The monoisotopic (exact) mass is 309 g/mol. The molecule has 0 fully saturated rings. The third-order valence-electron chi connectivity index (χ3n) is 3.71. The molecule has 1 aliphatic heterocycles. The van der Waals surface area contributed by atoms with E-state index >= 15 is 0 Å². The number of rotatable bonds is 4. The molecule has 2 aromatic rings. The van der Waals surface area contributed by atoms with E-state index in [4.69, 9.17) is 0 Å². The van der Waals surface area contributed by atoms with Crippen LogP contribution in [0, 0.1) is 6.92 Å². The van der Waals surface area contributed by atoms with E-state index in [1.807, 2.05) is 25.1 Å². The minimum absolute atomic E-state index is 0.0335. The van der Waals surface area contributed by atoms with E-state index in [1.54, 1.807) is 18.2 Å². The van der Waals surface area contributed by atoms with Crippen LogP contribution in [0.1, 0.15) is 32.8 Å². The van der Waals surface area contributed by atoms with Gasteiger partial charge in [-0.1, -0.05) is 18.2 Å². The molecule has 1 aromatic heterocycles. The lowest BCUT2D eigenvalue weighted by molar-refractivity contribution is -0.116. The molecule has 6 nitrogen and oxygen atoms in total. The summed E-state index contributed by atoms with van der Waals surface area (Å²) >= 11 is 0. The van der Waals surface area contributed by atoms with Gasteiger partial charge in [-0.3, -0.25) is 24.3 Å². The van der Waals surface area contributed by atoms with Gasteiger partial charge in [-0.15, -0.1) is 0 Å². The van der Waals surface area contributed by atoms with Gasteiger partial charge < -0.3 is 5.32 Å². The van der Waals surface area contributed by atoms with Crippen molar-refractivity contribution in [2.75, 3.05) is 11.9 Å². The third-order valence-corrected chi connectivity index (χ3v) is 3.71. The van der Waals surface area contributed by atoms with Crippen molar-refractivity contribution in [1.29, 1.82) is 0 Å². The van der Waals surface area contributed by atoms with Gasteiger partial charge in [-0.05, 0) is 30.7 Å². The van der Waals surface area contributed by atoms with E-state index in [9.17, 15) is 14.4 Å². The molecule has 0 atom stereocenters. The first-order valence-corrected chi connectivity index (χ1v) is 7.24. The maximum Gasteiger partial charge on any atom is 0.280 e. The molecule has 3 rings (SSSR count). The molecule has 0 spiro atoms. The van der Waals surface area contributed by atoms with Crippen LogP contribution in [0.25, 0.3) is 0 Å². The summed E-state index contributed by atoms with van der Waals surface area (Å²) in [7, 11) is 0. The topological polar surface area (TPSA) is 79.4 Å². The molecule has 23 heavy (non-hydrogen) atoms. The second kappa shape index (κ2) is 6.00. The van der Waals surface area contributed by atoms with Crippen molar-refractivity contribution in [3.8, 4) is 0 Å². The van der Waals surface area contributed by atoms with Crippen LogP contribution in [0.4, 0.5) is 5.69 Å². The molecule has 0 bridgehead atoms. The van der Waals surface area contributed by atoms with Gasteiger partial charge in [0.1, 0.15) is 5.69 Å². The van der Waals surface area contributed by atoms with Gasteiger partial charge in [-0.2, -0.15) is 0 Å². The number of carbonyl (C=O) groups excluding carboxylic acids is 3. The van der Waals surface area contributed by atoms with Crippen molar-refractivity contribution in [3.05, 3.63) is 59.4 Å². The fraction of sp³-hybridized carbons (Fsp3) is 0.176. The highest BCUT2D eigenvalue weighted by atomic mass is 16.2. The smallest absolute Gasteiger partial charge is 0.280 e. The number of anilines is 1. The zero-order valence-electron chi connectivity index (χ0n) is 12.6. The number of nitrogens with one attached hydrogen (secondary N) is 1. The summed E-state index contributed by atoms with van der Waals surface area (Å²) in [6.45, 7) is 1.93. The van der Waals surface area contributed by atoms with Crippen molar-refractivity contribution >= 4 is 23.4 Å². The summed E-state index contributed by atoms with van der Waals surface area (Å²) in [4.78, 5) is 41.3. The first-order chi connectivity index (χ1) is 11.1. The molecule has 1 aliphatic rings. The molecular formula is C17H15N3O3. The number of fused-ring (bicyclic) bond motifs is 1. The number of hydrogen-bond acceptors (Lipinski definition) is 4. The number of pyridine rings is 1. The minimum atomic E-state index is -0.450. The highest BCUT2D eigenvalue weighted by Crippen LogP contribution is 2.20. The van der Waals surface area contributed by atoms with E-state index in [0.717, 1.165) is 16.2 Å². The van der Waals surface area contributed by atoms with Crippen LogP contribution in [-0.2, 0) is 4.79 Å². The van der Waals surface area contributed by atoms with E-state index in [1.165, 1.54) is 6.20 Å². The average Bonchev–Trinajstić information content (AvgIpc) is 2.80. The first kappa shape index (κ1) is 14.9. The van der Waals surface area contributed by atoms with Crippen LogP contribution in [0.3, 0.4) is 0 Å². The van der Waals surface area contributed by atoms with Gasteiger partial charge in [0.15, 0.2) is 0 Å². The van der Waals surface area contributed by atoms with Crippen LogP contribution in [0.2, 0.25) is 0 Å². The summed E-state index contributed by atoms with van der Waals surface area (Å²) in [6.07, 6.45) is 1.51. The van der Waals surface area contributed by atoms with Gasteiger partial charge >= 0.3 is 0 Å². The second-order valence-corrected chi connectivity index (χ2v) is 5.27. The number of hydrogen-bond donors (Lipinski definition) is 1. The fourth-order valence-electron chi connectivity index (χ4n) is 2.46. The molecule has 116 valence electrons. The Morgan fingerprint density at radius 2 is 1.91 bits per heavy atom. The van der Waals surface area contributed by atoms with Crippen molar-refractivity contribution in [2.24, 2.45) is 0 Å². The maximum atomic E-state index is 12.2. The zero-order chi connectivity index (χ0) is 16.4. The molecule has 0 unspecified atom stereocenters. The summed E-state index contributed by atoms with van der Waals surface area (Å²) in [5.41, 5.74) is 2.11. The molecule has 0 saturated heterocycles. The predicted molar refractivity (Wildman–Crippen MR) is 84.0 cm³/mol. The Balaban J connectivity index is 1.63. The second-order valence-electron chi connectivity index (χ2n) is 5.27. The molecule has 2 heterocycles. The van der Waals surface area contributed by atoms with E-state index in [2.05, 4.69) is 10.3 Å². The number of benzene rings is 1. The van der Waals surface area contributed by atoms with Gasteiger partial charge in [0.2, 0.25) is 5.91 Å². The predicted octanol–water partition coefficient (Wildman–Crippen LogP) is 2.01. The Kier molecular flexibility index (Phi) is 3.89. The third kappa shape index (κ3) is 2.83. The van der Waals surface area contributed by atoms with E-state index < -0.39 is 11.8 Å². The minimum Gasteiger partial charge on any atom is -0.326 e. The number of carbonyl (C=O) groups is 3. The quantitative estimate of drug-likeness (QED) is 0.876. The van der Waals surface area contributed by atoms with E-state index in [0.29, 0.717) is 0 Å². The van der Waals surface area contributed by atoms with Crippen LogP contribution in [0.5, 0.6) is 0 Å². The molecule has 0 radical (unpaired) electrons. The molecular weight excluding hydrogens is 294 g/mol. The van der Waals surface area contributed by atoms with Crippen LogP contribution < -0.4 is 5.32 Å². The lowest BCUT2D eigenvalue weighted by atomic mass is 10.2. The lowest BCUT2D eigenvalue weighted by Crippen LogP contribution is -2.33. The summed E-state index contributed by atoms with van der Waals surface area (Å²) < 4.78 is 0. The Hall–Kier alpha value is -3.02. The molecule has 6 heteroatoms. The number of aryl methyl sites for hydroxylation is 1. The van der Waals surface area contributed by atoms with Crippen LogP contribution in [0.15, 0.2) is 42.6 Å². The van der Waals surface area contributed by atoms with Gasteiger partial charge in [0.05, 0.1) is 5.56 Å². The SMILES string of the molecule is Cc1ccccc1NC(=O)CCN1C(=O)c2cccnc2C1=O. The number of amides is 3. The summed E-state index contributed by atoms with van der Waals surface area (Å²) in [5.74, 6) is -1.10. The van der Waals surface area contributed by atoms with Crippen molar-refractivity contribution in [1.82, 2.24) is 9.88 Å². The number of nitrogens with zero attached hydrogens (tertiary/aromatic N) is 2. The Morgan fingerprint density at radius 3 is 2.65 bits per heavy atom. The standard InChI is InChI=1S/C17H15N3O3/c1-11-5-2-3-7-13(11)19-14(21)8-10-20-16(22)12-6-4-9-18-15(12)17(20)23/h2-7,9H,8,10H2,1H3,(H,19,21). The normalized spacial score (nSPS) is 13.2. The highest BCUT2D eigenvalue weighted by molar-refractivity contribution is 6.20. The first-order valence-electron chi connectivity index (χ1n) is 7.24. The number of imide groups is 1. The molecule has 1 N–H and O–H groups in total. The van der Waals surface area contributed by atoms with Gasteiger partial charge in [-0.25, -0.2) is 0 Å². The Morgan fingerprint density at radius 1 is 1.13 bits per heavy atom. The molecule has 0 saturated carbocycles. The Labute approximate surface area is 133 Å². The average molecular weight is 309 g/mol. The number of para-hydroxylation sites is 1. The number of aromatic nitrogens is 1. The van der Waals surface area contributed by atoms with Crippen molar-refractivity contribution < 1.29 is 14.4 Å². The van der Waals surface area contributed by atoms with Gasteiger partial charge in [0, 0.05) is 24.8 Å². The fourth-order valence-corrected chi connectivity index (χ4v) is 2.46. The zero-order valence-corrected chi connectivity index (χ0v) is 12.6. The van der Waals surface area contributed by atoms with Crippen molar-refractivity contribution in [3.63, 3.8) is 0 Å². The maximum absolute atomic E-state index is 12.2. The molecule has 3 amide bonds. The summed E-state index contributed by atoms with van der Waals surface area (Å²) in [5, 5.41) is 2.78.